The molecule has 1 aromatic carbocycles. The molecule has 0 bridgehead atoms. The summed E-state index contributed by atoms with van der Waals surface area (Å²) in [4.78, 5) is 0.731. The average Bonchev–Trinajstić information content (AvgIpc) is 2.81. The molecule has 1 atom stereocenters. The van der Waals surface area contributed by atoms with E-state index in [-0.39, 0.29) is 11.1 Å². The van der Waals surface area contributed by atoms with Gasteiger partial charge in [0.15, 0.2) is 0 Å². The zero-order valence-electron chi connectivity index (χ0n) is 10.0. The molecule has 1 heterocycles. The van der Waals surface area contributed by atoms with Crippen LogP contribution in [0.1, 0.15) is 22.0 Å². The van der Waals surface area contributed by atoms with Crippen LogP contribution in [0.2, 0.25) is 0 Å². The normalized spacial score (nSPS) is 12.5. The van der Waals surface area contributed by atoms with Gasteiger partial charge in [-0.25, -0.2) is 8.78 Å². The van der Waals surface area contributed by atoms with Gasteiger partial charge in [-0.15, -0.1) is 11.3 Å². The molecule has 0 saturated heterocycles. The molecule has 0 aliphatic heterocycles. The molecular weight excluding hydrogens is 256 g/mol. The third-order valence-corrected chi connectivity index (χ3v) is 3.75. The first kappa shape index (κ1) is 13.0. The minimum atomic E-state index is -0.686. The van der Waals surface area contributed by atoms with E-state index in [4.69, 9.17) is 10.5 Å². The molecule has 0 aliphatic carbocycles. The standard InChI is InChI=1S/C13H13F2NOS/c1-7-3-11(15)9(5-10(7)14)13(16)12-4-8(17-2)6-18-12/h3-6,13H,16H2,1-2H3. The van der Waals surface area contributed by atoms with Crippen LogP contribution in [0.25, 0.3) is 0 Å². The summed E-state index contributed by atoms with van der Waals surface area (Å²) < 4.78 is 32.3. The van der Waals surface area contributed by atoms with Gasteiger partial charge in [-0.3, -0.25) is 0 Å². The summed E-state index contributed by atoms with van der Waals surface area (Å²) in [5.41, 5.74) is 6.38. The highest BCUT2D eigenvalue weighted by molar-refractivity contribution is 7.10. The smallest absolute Gasteiger partial charge is 0.129 e. The molecule has 0 aliphatic rings. The van der Waals surface area contributed by atoms with Crippen molar-refractivity contribution in [2.75, 3.05) is 7.11 Å². The van der Waals surface area contributed by atoms with Crippen molar-refractivity contribution in [3.63, 3.8) is 0 Å². The molecular formula is C13H13F2NOS. The Morgan fingerprint density at radius 3 is 2.56 bits per heavy atom. The molecule has 2 rings (SSSR count). The number of benzene rings is 1. The molecule has 2 N–H and O–H groups in total. The van der Waals surface area contributed by atoms with E-state index in [1.165, 1.54) is 18.3 Å². The highest BCUT2D eigenvalue weighted by Crippen LogP contribution is 2.31. The minimum Gasteiger partial charge on any atom is -0.496 e. The molecule has 2 aromatic rings. The molecule has 0 radical (unpaired) electrons. The van der Waals surface area contributed by atoms with Gasteiger partial charge in [0.25, 0.3) is 0 Å². The molecule has 0 spiro atoms. The fraction of sp³-hybridized carbons (Fsp3) is 0.231. The van der Waals surface area contributed by atoms with Gasteiger partial charge in [-0.2, -0.15) is 0 Å². The van der Waals surface area contributed by atoms with E-state index in [0.29, 0.717) is 5.75 Å². The third-order valence-electron chi connectivity index (χ3n) is 2.75. The number of hydrogen-bond acceptors (Lipinski definition) is 3. The van der Waals surface area contributed by atoms with Crippen molar-refractivity contribution in [2.24, 2.45) is 5.73 Å². The van der Waals surface area contributed by atoms with Crippen LogP contribution in [0.5, 0.6) is 5.75 Å². The molecule has 18 heavy (non-hydrogen) atoms. The Morgan fingerprint density at radius 1 is 1.22 bits per heavy atom. The van der Waals surface area contributed by atoms with E-state index in [1.807, 2.05) is 0 Å². The summed E-state index contributed by atoms with van der Waals surface area (Å²) in [5, 5.41) is 1.78. The second-order valence-electron chi connectivity index (χ2n) is 3.99. The number of halogens is 2. The van der Waals surface area contributed by atoms with Crippen LogP contribution in [0.15, 0.2) is 23.6 Å². The molecule has 1 unspecified atom stereocenters. The van der Waals surface area contributed by atoms with Gasteiger partial charge in [0, 0.05) is 15.8 Å². The Hall–Kier alpha value is -1.46. The van der Waals surface area contributed by atoms with Crippen LogP contribution in [-0.2, 0) is 0 Å². The molecule has 0 amide bonds. The molecule has 96 valence electrons. The monoisotopic (exact) mass is 269 g/mol. The van der Waals surface area contributed by atoms with Crippen LogP contribution >= 0.6 is 11.3 Å². The van der Waals surface area contributed by atoms with E-state index in [0.717, 1.165) is 17.0 Å². The zero-order chi connectivity index (χ0) is 13.3. The SMILES string of the molecule is COc1csc(C(N)c2cc(F)c(C)cc2F)c1. The Labute approximate surface area is 108 Å². The number of methoxy groups -OCH3 is 1. The van der Waals surface area contributed by atoms with Crippen LogP contribution in [-0.4, -0.2) is 7.11 Å². The lowest BCUT2D eigenvalue weighted by molar-refractivity contribution is 0.416. The highest BCUT2D eigenvalue weighted by atomic mass is 32.1. The topological polar surface area (TPSA) is 35.2 Å². The summed E-state index contributed by atoms with van der Waals surface area (Å²) in [6.45, 7) is 1.52. The van der Waals surface area contributed by atoms with Crippen LogP contribution in [0.4, 0.5) is 8.78 Å². The summed E-state index contributed by atoms with van der Waals surface area (Å²) in [5.74, 6) is -0.280. The summed E-state index contributed by atoms with van der Waals surface area (Å²) in [6, 6.07) is 3.36. The Morgan fingerprint density at radius 2 is 1.94 bits per heavy atom. The zero-order valence-corrected chi connectivity index (χ0v) is 10.9. The summed E-state index contributed by atoms with van der Waals surface area (Å²) in [7, 11) is 1.55. The maximum absolute atomic E-state index is 13.8. The number of rotatable bonds is 3. The maximum atomic E-state index is 13.8. The number of nitrogens with two attached hydrogens (primary N) is 1. The van der Waals surface area contributed by atoms with Gasteiger partial charge in [0.2, 0.25) is 0 Å². The largest absolute Gasteiger partial charge is 0.496 e. The van der Waals surface area contributed by atoms with Crippen LogP contribution in [0, 0.1) is 18.6 Å². The van der Waals surface area contributed by atoms with Gasteiger partial charge in [-0.1, -0.05) is 0 Å². The van der Waals surface area contributed by atoms with Crippen molar-refractivity contribution >= 4 is 11.3 Å². The van der Waals surface area contributed by atoms with E-state index >= 15 is 0 Å². The van der Waals surface area contributed by atoms with Crippen molar-refractivity contribution in [1.82, 2.24) is 0 Å². The fourth-order valence-electron chi connectivity index (χ4n) is 1.66. The number of thiophene rings is 1. The van der Waals surface area contributed by atoms with Gasteiger partial charge in [0.05, 0.1) is 13.2 Å². The van der Waals surface area contributed by atoms with Crippen LogP contribution in [0.3, 0.4) is 0 Å². The first-order chi connectivity index (χ1) is 8.52. The predicted octanol–water partition coefficient (Wildman–Crippen LogP) is 3.39. The summed E-state index contributed by atoms with van der Waals surface area (Å²) in [6.07, 6.45) is 0. The first-order valence-electron chi connectivity index (χ1n) is 5.36. The van der Waals surface area contributed by atoms with E-state index in [2.05, 4.69) is 0 Å². The van der Waals surface area contributed by atoms with E-state index < -0.39 is 17.7 Å². The Balaban J connectivity index is 2.39. The molecule has 2 nitrogen and oxygen atoms in total. The lowest BCUT2D eigenvalue weighted by Gasteiger charge is -2.12. The maximum Gasteiger partial charge on any atom is 0.129 e. The van der Waals surface area contributed by atoms with Crippen molar-refractivity contribution in [3.8, 4) is 5.75 Å². The van der Waals surface area contributed by atoms with Gasteiger partial charge in [-0.05, 0) is 30.7 Å². The number of aryl methyl sites for hydroxylation is 1. The second kappa shape index (κ2) is 5.04. The van der Waals surface area contributed by atoms with Crippen LogP contribution < -0.4 is 10.5 Å². The van der Waals surface area contributed by atoms with Gasteiger partial charge < -0.3 is 10.5 Å². The summed E-state index contributed by atoms with van der Waals surface area (Å²) >= 11 is 1.36. The number of ether oxygens (including phenoxy) is 1. The quantitative estimate of drug-likeness (QED) is 0.927. The first-order valence-corrected chi connectivity index (χ1v) is 6.24. The molecule has 5 heteroatoms. The predicted molar refractivity (Wildman–Crippen MR) is 68.0 cm³/mol. The van der Waals surface area contributed by atoms with E-state index in [9.17, 15) is 8.78 Å². The highest BCUT2D eigenvalue weighted by Gasteiger charge is 2.17. The lowest BCUT2D eigenvalue weighted by atomic mass is 10.0. The van der Waals surface area contributed by atoms with Gasteiger partial charge >= 0.3 is 0 Å². The minimum absolute atomic E-state index is 0.155. The lowest BCUT2D eigenvalue weighted by Crippen LogP contribution is -2.13. The van der Waals surface area contributed by atoms with Crippen molar-refractivity contribution in [3.05, 3.63) is 51.2 Å². The van der Waals surface area contributed by atoms with Crippen molar-refractivity contribution in [2.45, 2.75) is 13.0 Å². The molecule has 0 saturated carbocycles. The molecule has 1 aromatic heterocycles. The Bertz CT molecular complexity index is 568. The second-order valence-corrected chi connectivity index (χ2v) is 4.93. The molecule has 0 fully saturated rings. The number of hydrogen-bond donors (Lipinski definition) is 1. The van der Waals surface area contributed by atoms with E-state index in [1.54, 1.807) is 18.6 Å². The van der Waals surface area contributed by atoms with Gasteiger partial charge in [0.1, 0.15) is 17.4 Å². The Kier molecular flexibility index (Phi) is 3.63. The fourth-order valence-corrected chi connectivity index (χ4v) is 2.53. The van der Waals surface area contributed by atoms with Crippen molar-refractivity contribution in [1.29, 1.82) is 0 Å². The van der Waals surface area contributed by atoms with Crippen molar-refractivity contribution < 1.29 is 13.5 Å². The third kappa shape index (κ3) is 2.37. The average molecular weight is 269 g/mol.